The van der Waals surface area contributed by atoms with Gasteiger partial charge in [-0.15, -0.1) is 0 Å². The van der Waals surface area contributed by atoms with Gasteiger partial charge in [-0.25, -0.2) is 17.5 Å². The van der Waals surface area contributed by atoms with Crippen LogP contribution in [-0.2, 0) is 23.5 Å². The molecule has 1 unspecified atom stereocenters. The molecule has 0 radical (unpaired) electrons. The van der Waals surface area contributed by atoms with Crippen LogP contribution >= 0.6 is 12.2 Å². The molecule has 2 aliphatic rings. The van der Waals surface area contributed by atoms with Gasteiger partial charge >= 0.3 is 0 Å². The lowest BCUT2D eigenvalue weighted by atomic mass is 10.0. The molecule has 0 bridgehead atoms. The van der Waals surface area contributed by atoms with Gasteiger partial charge < -0.3 is 10.6 Å². The molecule has 36 heavy (non-hydrogen) atoms. The molecule has 1 saturated carbocycles. The summed E-state index contributed by atoms with van der Waals surface area (Å²) in [6, 6.07) is 5.35. The number of thiocarbonyl (C=S) groups is 1. The van der Waals surface area contributed by atoms with Crippen LogP contribution < -0.4 is 15.4 Å². The van der Waals surface area contributed by atoms with Crippen molar-refractivity contribution in [1.29, 1.82) is 0 Å². The maximum absolute atomic E-state index is 14.2. The van der Waals surface area contributed by atoms with Crippen LogP contribution in [0.1, 0.15) is 67.6 Å². The Labute approximate surface area is 216 Å². The van der Waals surface area contributed by atoms with Gasteiger partial charge in [-0.1, -0.05) is 0 Å². The van der Waals surface area contributed by atoms with E-state index in [0.29, 0.717) is 16.4 Å². The van der Waals surface area contributed by atoms with Gasteiger partial charge in [-0.3, -0.25) is 9.67 Å². The molecule has 1 aromatic carbocycles. The molecule has 192 valence electrons. The van der Waals surface area contributed by atoms with Crippen LogP contribution in [0.25, 0.3) is 10.8 Å². The quantitative estimate of drug-likeness (QED) is 0.395. The number of hydrogen-bond acceptors (Lipinski definition) is 5. The Morgan fingerprint density at radius 3 is 2.61 bits per heavy atom. The van der Waals surface area contributed by atoms with E-state index in [9.17, 15) is 12.8 Å². The lowest BCUT2D eigenvalue weighted by Gasteiger charge is -2.20. The average Bonchev–Trinajstić information content (AvgIpc) is 3.50. The fourth-order valence-corrected chi connectivity index (χ4v) is 6.44. The van der Waals surface area contributed by atoms with Crippen LogP contribution in [0.3, 0.4) is 0 Å². The molecule has 3 N–H and O–H groups in total. The van der Waals surface area contributed by atoms with Crippen molar-refractivity contribution in [2.75, 3.05) is 11.9 Å². The first-order chi connectivity index (χ1) is 16.9. The molecule has 0 amide bonds. The third-order valence-electron chi connectivity index (χ3n) is 6.73. The number of pyridine rings is 1. The number of hydrogen-bond donors (Lipinski definition) is 3. The highest BCUT2D eigenvalue weighted by Gasteiger charge is 2.32. The van der Waals surface area contributed by atoms with Crippen LogP contribution in [0.2, 0.25) is 0 Å². The van der Waals surface area contributed by atoms with Crippen LogP contribution in [0.4, 0.5) is 10.2 Å². The van der Waals surface area contributed by atoms with Crippen molar-refractivity contribution in [2.45, 2.75) is 69.0 Å². The van der Waals surface area contributed by atoms with E-state index in [1.807, 2.05) is 26.1 Å². The molecule has 8 nitrogen and oxygen atoms in total. The predicted octanol–water partition coefficient (Wildman–Crippen LogP) is 4.15. The fourth-order valence-electron chi connectivity index (χ4n) is 4.77. The maximum atomic E-state index is 14.2. The predicted molar refractivity (Wildman–Crippen MR) is 142 cm³/mol. The standard InChI is InChI=1S/C25H31FN6O2S2/c1-14-9-23(32(4)31-14)30-24(35)29-20-8-7-16-17(20)11-22(36(33,34)28-13-25(2,3)26)18-10-21(15-5-6-15)27-12-19(16)18/h9-12,15,20,28H,5-8,13H2,1-4H3,(H2,29,30,35). The van der Waals surface area contributed by atoms with Crippen molar-refractivity contribution in [3.63, 3.8) is 0 Å². The summed E-state index contributed by atoms with van der Waals surface area (Å²) in [6.07, 6.45) is 5.46. The number of alkyl halides is 1. The van der Waals surface area contributed by atoms with Crippen LogP contribution in [0.5, 0.6) is 0 Å². The van der Waals surface area contributed by atoms with Gasteiger partial charge in [-0.05, 0) is 81.9 Å². The molecule has 2 aliphatic carbocycles. The summed E-state index contributed by atoms with van der Waals surface area (Å²) >= 11 is 5.56. The van der Waals surface area contributed by atoms with E-state index in [2.05, 4.69) is 25.4 Å². The van der Waals surface area contributed by atoms with Crippen molar-refractivity contribution in [2.24, 2.45) is 7.05 Å². The van der Waals surface area contributed by atoms with Gasteiger partial charge in [0, 0.05) is 48.2 Å². The number of aromatic nitrogens is 3. The minimum absolute atomic E-state index is 0.152. The highest BCUT2D eigenvalue weighted by molar-refractivity contribution is 7.89. The van der Waals surface area contributed by atoms with E-state index in [1.54, 1.807) is 16.9 Å². The van der Waals surface area contributed by atoms with Gasteiger partial charge in [0.25, 0.3) is 0 Å². The topological polar surface area (TPSA) is 101 Å². The number of anilines is 1. The molecule has 0 spiro atoms. The number of nitrogens with zero attached hydrogens (tertiary/aromatic N) is 3. The van der Waals surface area contributed by atoms with Gasteiger partial charge in [0.2, 0.25) is 10.0 Å². The summed E-state index contributed by atoms with van der Waals surface area (Å²) in [5.74, 6) is 1.14. The molecule has 1 atom stereocenters. The zero-order valence-corrected chi connectivity index (χ0v) is 22.5. The smallest absolute Gasteiger partial charge is 0.241 e. The molecule has 0 aliphatic heterocycles. The van der Waals surface area contributed by atoms with Crippen LogP contribution in [-0.4, -0.2) is 40.5 Å². The Hall–Kier alpha value is -2.63. The number of rotatable bonds is 7. The first-order valence-electron chi connectivity index (χ1n) is 12.1. The Balaban J connectivity index is 1.51. The monoisotopic (exact) mass is 530 g/mol. The fraction of sp³-hybridized carbons (Fsp3) is 0.480. The highest BCUT2D eigenvalue weighted by Crippen LogP contribution is 2.43. The number of nitrogens with one attached hydrogen (secondary N) is 3. The van der Waals surface area contributed by atoms with E-state index in [1.165, 1.54) is 13.8 Å². The molecule has 2 heterocycles. The van der Waals surface area contributed by atoms with E-state index in [4.69, 9.17) is 12.2 Å². The first kappa shape index (κ1) is 25.0. The highest BCUT2D eigenvalue weighted by atomic mass is 32.2. The average molecular weight is 531 g/mol. The molecule has 1 fully saturated rings. The molecule has 11 heteroatoms. The Bertz CT molecular complexity index is 1460. The van der Waals surface area contributed by atoms with Gasteiger partial charge in [-0.2, -0.15) is 5.10 Å². The van der Waals surface area contributed by atoms with E-state index in [-0.39, 0.29) is 17.5 Å². The summed E-state index contributed by atoms with van der Waals surface area (Å²) in [5, 5.41) is 12.7. The van der Waals surface area contributed by atoms with Crippen LogP contribution in [0.15, 0.2) is 29.3 Å². The Kier molecular flexibility index (Phi) is 6.29. The molecular formula is C25H31FN6O2S2. The van der Waals surface area contributed by atoms with Crippen molar-refractivity contribution in [3.05, 3.63) is 46.9 Å². The lowest BCUT2D eigenvalue weighted by molar-refractivity contribution is 0.221. The molecule has 2 aromatic heterocycles. The second-order valence-electron chi connectivity index (χ2n) is 10.4. The summed E-state index contributed by atoms with van der Waals surface area (Å²) < 4.78 is 45.2. The van der Waals surface area contributed by atoms with Gasteiger partial charge in [0.05, 0.1) is 16.6 Å². The third-order valence-corrected chi connectivity index (χ3v) is 8.39. The normalized spacial score (nSPS) is 17.9. The Morgan fingerprint density at radius 1 is 1.22 bits per heavy atom. The van der Waals surface area contributed by atoms with Gasteiger partial charge in [0.15, 0.2) is 5.11 Å². The number of aryl methyl sites for hydroxylation is 3. The minimum Gasteiger partial charge on any atom is -0.356 e. The summed E-state index contributed by atoms with van der Waals surface area (Å²) in [6.45, 7) is 4.29. The molecule has 5 rings (SSSR count). The molecular weight excluding hydrogens is 499 g/mol. The summed E-state index contributed by atoms with van der Waals surface area (Å²) in [4.78, 5) is 4.82. The lowest BCUT2D eigenvalue weighted by Crippen LogP contribution is -2.35. The summed E-state index contributed by atoms with van der Waals surface area (Å²) in [7, 11) is -2.14. The maximum Gasteiger partial charge on any atom is 0.241 e. The number of fused-ring (bicyclic) bond motifs is 3. The van der Waals surface area contributed by atoms with E-state index in [0.717, 1.165) is 59.4 Å². The zero-order chi connectivity index (χ0) is 25.8. The summed E-state index contributed by atoms with van der Waals surface area (Å²) in [5.41, 5.74) is 2.05. The number of sulfonamides is 1. The van der Waals surface area contributed by atoms with Crippen molar-refractivity contribution in [3.8, 4) is 0 Å². The largest absolute Gasteiger partial charge is 0.356 e. The van der Waals surface area contributed by atoms with Gasteiger partial charge in [0.1, 0.15) is 11.5 Å². The third kappa shape index (κ3) is 5.09. The Morgan fingerprint density at radius 2 is 1.97 bits per heavy atom. The van der Waals surface area contributed by atoms with E-state index < -0.39 is 15.7 Å². The van der Waals surface area contributed by atoms with Crippen LogP contribution in [0, 0.1) is 6.92 Å². The van der Waals surface area contributed by atoms with Crippen molar-refractivity contribution >= 4 is 43.9 Å². The van der Waals surface area contributed by atoms with Crippen molar-refractivity contribution in [1.82, 2.24) is 24.8 Å². The first-order valence-corrected chi connectivity index (χ1v) is 14.0. The number of halogens is 1. The minimum atomic E-state index is -3.97. The SMILES string of the molecule is Cc1cc(NC(=S)NC2CCc3c2cc(S(=O)(=O)NCC(C)(C)F)c2cc(C4CC4)ncc32)n(C)n1. The van der Waals surface area contributed by atoms with Crippen molar-refractivity contribution < 1.29 is 12.8 Å². The second-order valence-corrected chi connectivity index (χ2v) is 12.5. The second kappa shape index (κ2) is 9.04. The number of benzene rings is 1. The van der Waals surface area contributed by atoms with E-state index >= 15 is 0 Å². The zero-order valence-electron chi connectivity index (χ0n) is 20.9. The molecule has 0 saturated heterocycles. The molecule has 3 aromatic rings.